The van der Waals surface area contributed by atoms with Gasteiger partial charge in [-0.3, -0.25) is 14.5 Å². The Kier molecular flexibility index (Phi) is 4.95. The molecule has 2 amide bonds. The summed E-state index contributed by atoms with van der Waals surface area (Å²) in [6.45, 7) is 2.92. The molecule has 1 aliphatic carbocycles. The van der Waals surface area contributed by atoms with Crippen LogP contribution in [0.15, 0.2) is 24.3 Å². The maximum Gasteiger partial charge on any atom is 0.335 e. The first kappa shape index (κ1) is 20.9. The lowest BCUT2D eigenvalue weighted by atomic mass is 10.0. The molecular formula is C23H27N5O4. The molecule has 3 saturated heterocycles. The number of rotatable bonds is 6. The normalized spacial score (nSPS) is 32.5. The van der Waals surface area contributed by atoms with Gasteiger partial charge in [-0.25, -0.2) is 4.79 Å². The van der Waals surface area contributed by atoms with Gasteiger partial charge < -0.3 is 20.6 Å². The first-order valence-electron chi connectivity index (χ1n) is 11.2. The number of carbonyl (C=O) groups excluding carboxylic acids is 2. The summed E-state index contributed by atoms with van der Waals surface area (Å²) in [5.41, 5.74) is 7.37. The van der Waals surface area contributed by atoms with Crippen LogP contribution < -0.4 is 5.73 Å². The Morgan fingerprint density at radius 2 is 1.97 bits per heavy atom. The molecule has 3 N–H and O–H groups in total. The number of carboxylic acid groups (broad SMARTS) is 1. The summed E-state index contributed by atoms with van der Waals surface area (Å²) in [6, 6.07) is 7.48. The van der Waals surface area contributed by atoms with Gasteiger partial charge in [0.1, 0.15) is 6.04 Å². The monoisotopic (exact) mass is 437 g/mol. The summed E-state index contributed by atoms with van der Waals surface area (Å²) < 4.78 is 0. The van der Waals surface area contributed by atoms with Crippen LogP contribution in [0.1, 0.15) is 48.1 Å². The van der Waals surface area contributed by atoms with E-state index in [0.717, 1.165) is 18.4 Å². The van der Waals surface area contributed by atoms with Crippen LogP contribution in [0.4, 0.5) is 0 Å². The zero-order chi connectivity index (χ0) is 22.7. The van der Waals surface area contributed by atoms with Crippen LogP contribution in [0, 0.1) is 17.2 Å². The third kappa shape index (κ3) is 3.26. The number of piperidine rings is 1. The fraction of sp³-hybridized carbons (Fsp3) is 0.565. The van der Waals surface area contributed by atoms with Gasteiger partial charge in [-0.15, -0.1) is 0 Å². The molecule has 4 aliphatic rings. The van der Waals surface area contributed by atoms with E-state index in [1.807, 2.05) is 16.7 Å². The molecule has 1 aromatic carbocycles. The number of hydrogen-bond donors (Lipinski definition) is 2. The highest BCUT2D eigenvalue weighted by Crippen LogP contribution is 2.48. The van der Waals surface area contributed by atoms with E-state index in [4.69, 9.17) is 10.8 Å². The Morgan fingerprint density at radius 1 is 1.25 bits per heavy atom. The van der Waals surface area contributed by atoms with Crippen molar-refractivity contribution >= 4 is 17.8 Å². The van der Waals surface area contributed by atoms with Crippen molar-refractivity contribution in [3.05, 3.63) is 35.4 Å². The first-order valence-corrected chi connectivity index (χ1v) is 11.2. The van der Waals surface area contributed by atoms with Crippen molar-refractivity contribution in [3.8, 4) is 6.07 Å². The first-order chi connectivity index (χ1) is 15.3. The minimum absolute atomic E-state index is 0.0223. The quantitative estimate of drug-likeness (QED) is 0.665. The van der Waals surface area contributed by atoms with E-state index in [1.54, 1.807) is 29.2 Å². The smallest absolute Gasteiger partial charge is 0.335 e. The Labute approximate surface area is 186 Å². The van der Waals surface area contributed by atoms with E-state index in [2.05, 4.69) is 6.07 Å². The molecule has 32 heavy (non-hydrogen) atoms. The van der Waals surface area contributed by atoms with Crippen LogP contribution in [-0.4, -0.2) is 80.9 Å². The standard InChI is InChI=1S/C23H27N5O4/c1-12(13-2-4-14(5-3-13)23(31)32)27-17-8-20(22(27)30)26(10-17)11-18(25)21(29)28-16(9-24)6-15-7-19(15)28/h2-5,12,15-20H,6-8,10-11,25H2,1H3,(H,31,32)/t12-,15-,16+,17+,18+,19+,20+/m1/s1. The van der Waals surface area contributed by atoms with Crippen molar-refractivity contribution in [1.29, 1.82) is 5.26 Å². The van der Waals surface area contributed by atoms with Gasteiger partial charge in [-0.2, -0.15) is 5.26 Å². The zero-order valence-electron chi connectivity index (χ0n) is 17.9. The summed E-state index contributed by atoms with van der Waals surface area (Å²) in [5.74, 6) is -0.691. The largest absolute Gasteiger partial charge is 0.478 e. The predicted molar refractivity (Wildman–Crippen MR) is 113 cm³/mol. The molecule has 0 aromatic heterocycles. The van der Waals surface area contributed by atoms with Crippen LogP contribution in [0.3, 0.4) is 0 Å². The van der Waals surface area contributed by atoms with Crippen LogP contribution in [0.2, 0.25) is 0 Å². The summed E-state index contributed by atoms with van der Waals surface area (Å²) in [7, 11) is 0. The van der Waals surface area contributed by atoms with Gasteiger partial charge in [0, 0.05) is 25.2 Å². The number of carboxylic acids is 1. The Morgan fingerprint density at radius 3 is 2.59 bits per heavy atom. The molecule has 0 spiro atoms. The van der Waals surface area contributed by atoms with Crippen LogP contribution in [-0.2, 0) is 9.59 Å². The molecule has 9 heteroatoms. The second-order valence-corrected chi connectivity index (χ2v) is 9.50. The number of nitrogens with zero attached hydrogens (tertiary/aromatic N) is 4. The highest BCUT2D eigenvalue weighted by Gasteiger charge is 2.56. The average molecular weight is 438 g/mol. The van der Waals surface area contributed by atoms with Gasteiger partial charge in [0.05, 0.1) is 29.8 Å². The Balaban J connectivity index is 1.22. The average Bonchev–Trinajstić information content (AvgIpc) is 3.11. The maximum absolute atomic E-state index is 13.1. The third-order valence-corrected chi connectivity index (χ3v) is 7.63. The van der Waals surface area contributed by atoms with Gasteiger partial charge >= 0.3 is 5.97 Å². The van der Waals surface area contributed by atoms with E-state index in [1.165, 1.54) is 0 Å². The number of nitriles is 1. The van der Waals surface area contributed by atoms with Gasteiger partial charge in [-0.05, 0) is 49.8 Å². The molecule has 1 saturated carbocycles. The highest BCUT2D eigenvalue weighted by molar-refractivity contribution is 5.88. The van der Waals surface area contributed by atoms with Gasteiger partial charge in [-0.1, -0.05) is 12.1 Å². The van der Waals surface area contributed by atoms with Crippen LogP contribution in [0.25, 0.3) is 0 Å². The number of piperazine rings is 1. The molecule has 2 bridgehead atoms. The van der Waals surface area contributed by atoms with Crippen LogP contribution >= 0.6 is 0 Å². The minimum Gasteiger partial charge on any atom is -0.478 e. The zero-order valence-corrected chi connectivity index (χ0v) is 17.9. The number of nitrogens with two attached hydrogens (primary N) is 1. The number of benzene rings is 1. The Hall–Kier alpha value is -2.96. The minimum atomic E-state index is -0.978. The fourth-order valence-electron chi connectivity index (χ4n) is 5.87. The maximum atomic E-state index is 13.1. The van der Waals surface area contributed by atoms with E-state index in [9.17, 15) is 19.6 Å². The van der Waals surface area contributed by atoms with E-state index >= 15 is 0 Å². The van der Waals surface area contributed by atoms with Crippen molar-refractivity contribution < 1.29 is 19.5 Å². The predicted octanol–water partition coefficient (Wildman–Crippen LogP) is 0.571. The molecular weight excluding hydrogens is 410 g/mol. The summed E-state index contributed by atoms with van der Waals surface area (Å²) >= 11 is 0. The molecule has 9 nitrogen and oxygen atoms in total. The number of aromatic carboxylic acids is 1. The molecule has 4 fully saturated rings. The van der Waals surface area contributed by atoms with Gasteiger partial charge in [0.15, 0.2) is 0 Å². The van der Waals surface area contributed by atoms with Crippen molar-refractivity contribution in [1.82, 2.24) is 14.7 Å². The molecule has 0 unspecified atom stereocenters. The number of hydrogen-bond acceptors (Lipinski definition) is 6. The summed E-state index contributed by atoms with van der Waals surface area (Å²) in [4.78, 5) is 42.7. The van der Waals surface area contributed by atoms with Gasteiger partial charge in [0.25, 0.3) is 0 Å². The molecule has 5 rings (SSSR count). The van der Waals surface area contributed by atoms with Crippen molar-refractivity contribution in [2.45, 2.75) is 62.4 Å². The number of amides is 2. The molecule has 3 heterocycles. The number of carbonyl (C=O) groups is 3. The molecule has 3 aliphatic heterocycles. The van der Waals surface area contributed by atoms with Crippen molar-refractivity contribution in [2.75, 3.05) is 13.1 Å². The Bertz CT molecular complexity index is 1000. The topological polar surface area (TPSA) is 131 Å². The molecule has 7 atom stereocenters. The molecule has 1 aromatic rings. The highest BCUT2D eigenvalue weighted by atomic mass is 16.4. The lowest BCUT2D eigenvalue weighted by Crippen LogP contribution is -2.57. The second kappa shape index (κ2) is 7.57. The fourth-order valence-corrected chi connectivity index (χ4v) is 5.87. The van der Waals surface area contributed by atoms with E-state index < -0.39 is 12.0 Å². The SMILES string of the molecule is C[C@H](c1ccc(C(=O)O)cc1)N1C(=O)[C@@H]2C[C@H]1CN2C[C@H](N)C(=O)N1[C@H](C#N)C[C@@H]2C[C@@H]21. The third-order valence-electron chi connectivity index (χ3n) is 7.63. The van der Waals surface area contributed by atoms with Gasteiger partial charge in [0.2, 0.25) is 11.8 Å². The summed E-state index contributed by atoms with van der Waals surface area (Å²) in [5, 5.41) is 18.4. The second-order valence-electron chi connectivity index (χ2n) is 9.50. The molecule has 168 valence electrons. The number of likely N-dealkylation sites (tertiary alicyclic amines) is 3. The number of fused-ring (bicyclic) bond motifs is 3. The lowest BCUT2D eigenvalue weighted by molar-refractivity contribution is -0.141. The van der Waals surface area contributed by atoms with Crippen molar-refractivity contribution in [3.63, 3.8) is 0 Å². The van der Waals surface area contributed by atoms with E-state index in [-0.39, 0.29) is 47.6 Å². The van der Waals surface area contributed by atoms with Crippen molar-refractivity contribution in [2.24, 2.45) is 11.7 Å². The van der Waals surface area contributed by atoms with E-state index in [0.29, 0.717) is 25.4 Å². The molecule has 0 radical (unpaired) electrons. The van der Waals surface area contributed by atoms with Crippen LogP contribution in [0.5, 0.6) is 0 Å². The lowest BCUT2D eigenvalue weighted by Gasteiger charge is -2.38. The summed E-state index contributed by atoms with van der Waals surface area (Å²) in [6.07, 6.45) is 2.41.